The van der Waals surface area contributed by atoms with Crippen LogP contribution in [0.2, 0.25) is 5.02 Å². The third kappa shape index (κ3) is 3.20. The fraction of sp³-hybridized carbons (Fsp3) is 0.200. The van der Waals surface area contributed by atoms with E-state index in [9.17, 15) is 9.18 Å². The van der Waals surface area contributed by atoms with Gasteiger partial charge in [0.15, 0.2) is 6.29 Å². The maximum atomic E-state index is 14.8. The number of aromatic amines is 1. The number of H-pyrrole nitrogens is 1. The Labute approximate surface area is 170 Å². The molecule has 1 aromatic heterocycles. The van der Waals surface area contributed by atoms with Gasteiger partial charge in [-0.05, 0) is 30.7 Å². The summed E-state index contributed by atoms with van der Waals surface area (Å²) in [5, 5.41) is 0.567. The van der Waals surface area contributed by atoms with Gasteiger partial charge >= 0.3 is 0 Å². The van der Waals surface area contributed by atoms with Crippen molar-refractivity contribution in [1.82, 2.24) is 9.97 Å². The number of aromatic nitrogens is 2. The van der Waals surface area contributed by atoms with Crippen molar-refractivity contribution in [3.8, 4) is 11.3 Å². The van der Waals surface area contributed by atoms with Gasteiger partial charge in [-0.25, -0.2) is 9.37 Å². The lowest BCUT2D eigenvalue weighted by Gasteiger charge is -2.31. The zero-order valence-electron chi connectivity index (χ0n) is 14.5. The first-order valence-corrected chi connectivity index (χ1v) is 10.7. The van der Waals surface area contributed by atoms with Crippen LogP contribution in [-0.2, 0) is 4.08 Å². The number of benzene rings is 2. The van der Waals surface area contributed by atoms with Crippen LogP contribution in [0.1, 0.15) is 27.4 Å². The average molecular weight is 419 g/mol. The topological polar surface area (TPSA) is 45.8 Å². The highest BCUT2D eigenvalue weighted by atomic mass is 35.5. The molecule has 2 heterocycles. The minimum Gasteiger partial charge on any atom is -0.340 e. The second-order valence-corrected chi connectivity index (χ2v) is 9.50. The lowest BCUT2D eigenvalue weighted by molar-refractivity contribution is 0.112. The van der Waals surface area contributed by atoms with Crippen LogP contribution < -0.4 is 0 Å². The van der Waals surface area contributed by atoms with Crippen LogP contribution in [0, 0.1) is 12.7 Å². The summed E-state index contributed by atoms with van der Waals surface area (Å²) < 4.78 is 14.2. The molecule has 0 spiro atoms. The second kappa shape index (κ2) is 7.34. The summed E-state index contributed by atoms with van der Waals surface area (Å²) >= 11 is 9.71. The molecule has 138 valence electrons. The summed E-state index contributed by atoms with van der Waals surface area (Å²) in [7, 11) is 0. The van der Waals surface area contributed by atoms with Crippen molar-refractivity contribution in [2.24, 2.45) is 0 Å². The van der Waals surface area contributed by atoms with E-state index in [1.165, 1.54) is 6.07 Å². The molecule has 0 radical (unpaired) electrons. The van der Waals surface area contributed by atoms with Gasteiger partial charge in [0.1, 0.15) is 21.4 Å². The Hall–Kier alpha value is -1.76. The molecule has 1 aliphatic rings. The molecule has 1 N–H and O–H groups in total. The van der Waals surface area contributed by atoms with Gasteiger partial charge in [-0.3, -0.25) is 4.79 Å². The molecule has 0 atom stereocenters. The molecule has 0 amide bonds. The van der Waals surface area contributed by atoms with Crippen LogP contribution in [0.15, 0.2) is 42.5 Å². The van der Waals surface area contributed by atoms with Crippen molar-refractivity contribution in [3.63, 3.8) is 0 Å². The van der Waals surface area contributed by atoms with Gasteiger partial charge in [0.2, 0.25) is 0 Å². The monoisotopic (exact) mass is 418 g/mol. The molecule has 3 nitrogen and oxygen atoms in total. The first-order chi connectivity index (χ1) is 13.0. The molecule has 1 aliphatic heterocycles. The van der Waals surface area contributed by atoms with Gasteiger partial charge in [-0.1, -0.05) is 35.9 Å². The summed E-state index contributed by atoms with van der Waals surface area (Å²) in [5.74, 6) is 2.19. The zero-order chi connectivity index (χ0) is 19.0. The van der Waals surface area contributed by atoms with E-state index >= 15 is 0 Å². The van der Waals surface area contributed by atoms with Crippen molar-refractivity contribution in [1.29, 1.82) is 0 Å². The number of imidazole rings is 1. The van der Waals surface area contributed by atoms with Crippen molar-refractivity contribution in [2.45, 2.75) is 11.0 Å². The molecule has 1 fully saturated rings. The Morgan fingerprint density at radius 1 is 1.19 bits per heavy atom. The molecule has 3 aromatic rings. The summed E-state index contributed by atoms with van der Waals surface area (Å²) in [6.45, 7) is 1.80. The number of nitrogens with zero attached hydrogens (tertiary/aromatic N) is 1. The number of thioether (sulfide) groups is 2. The predicted octanol–water partition coefficient (Wildman–Crippen LogP) is 5.67. The van der Waals surface area contributed by atoms with Crippen LogP contribution in [0.25, 0.3) is 11.3 Å². The van der Waals surface area contributed by atoms with E-state index in [0.29, 0.717) is 27.8 Å². The Kier molecular flexibility index (Phi) is 5.05. The molecule has 7 heteroatoms. The fourth-order valence-corrected chi connectivity index (χ4v) is 6.93. The molecule has 4 rings (SSSR count). The van der Waals surface area contributed by atoms with E-state index in [1.807, 2.05) is 24.3 Å². The number of aldehydes is 1. The summed E-state index contributed by atoms with van der Waals surface area (Å²) in [6, 6.07) is 12.3. The molecule has 27 heavy (non-hydrogen) atoms. The fourth-order valence-electron chi connectivity index (χ4n) is 3.39. The molecular weight excluding hydrogens is 403 g/mol. The summed E-state index contributed by atoms with van der Waals surface area (Å²) in [6.07, 6.45) is 0.762. The average Bonchev–Trinajstić information content (AvgIpc) is 3.29. The lowest BCUT2D eigenvalue weighted by atomic mass is 9.95. The standard InChI is InChI=1S/C20H16ClFN2OS2/c1-12-23-18(11-25)19(24-12)14-7-6-13(21)10-16(14)20(26-8-9-27-20)15-4-2-3-5-17(15)22/h2-7,10-11H,8-9H2,1H3,(H,23,24). The minimum atomic E-state index is -0.640. The number of carbonyl (C=O) groups is 1. The van der Waals surface area contributed by atoms with Crippen molar-refractivity contribution < 1.29 is 9.18 Å². The highest BCUT2D eigenvalue weighted by molar-refractivity contribution is 8.20. The van der Waals surface area contributed by atoms with Gasteiger partial charge < -0.3 is 4.98 Å². The molecule has 1 saturated heterocycles. The quantitative estimate of drug-likeness (QED) is 0.554. The summed E-state index contributed by atoms with van der Waals surface area (Å²) in [4.78, 5) is 19.1. The van der Waals surface area contributed by atoms with Crippen LogP contribution in [0.3, 0.4) is 0 Å². The number of hydrogen-bond acceptors (Lipinski definition) is 4. The Balaban J connectivity index is 2.01. The maximum Gasteiger partial charge on any atom is 0.168 e. The van der Waals surface area contributed by atoms with E-state index in [-0.39, 0.29) is 5.82 Å². The molecule has 0 saturated carbocycles. The number of carbonyl (C=O) groups excluding carboxylic acids is 1. The third-order valence-electron chi connectivity index (χ3n) is 4.48. The van der Waals surface area contributed by atoms with Gasteiger partial charge in [0, 0.05) is 27.7 Å². The Bertz CT molecular complexity index is 1010. The number of aryl methyl sites for hydroxylation is 1. The van der Waals surface area contributed by atoms with E-state index < -0.39 is 4.08 Å². The van der Waals surface area contributed by atoms with Crippen LogP contribution in [-0.4, -0.2) is 27.8 Å². The van der Waals surface area contributed by atoms with Gasteiger partial charge in [-0.15, -0.1) is 23.5 Å². The molecule has 0 aliphatic carbocycles. The Morgan fingerprint density at radius 2 is 1.93 bits per heavy atom. The normalized spacial score (nSPS) is 15.8. The second-order valence-electron chi connectivity index (χ2n) is 6.19. The molecule has 2 aromatic carbocycles. The number of hydrogen-bond donors (Lipinski definition) is 1. The number of nitrogens with one attached hydrogen (secondary N) is 1. The van der Waals surface area contributed by atoms with Crippen molar-refractivity contribution in [2.75, 3.05) is 11.5 Å². The van der Waals surface area contributed by atoms with Crippen molar-refractivity contribution in [3.05, 3.63) is 75.9 Å². The smallest absolute Gasteiger partial charge is 0.168 e. The van der Waals surface area contributed by atoms with Gasteiger partial charge in [0.05, 0.1) is 5.69 Å². The third-order valence-corrected chi connectivity index (χ3v) is 8.19. The van der Waals surface area contributed by atoms with E-state index in [4.69, 9.17) is 11.6 Å². The van der Waals surface area contributed by atoms with E-state index in [0.717, 1.165) is 28.9 Å². The first-order valence-electron chi connectivity index (χ1n) is 8.40. The number of halogens is 2. The SMILES string of the molecule is Cc1nc(-c2ccc(Cl)cc2C2(c3ccccc3F)SCCS2)c(C=O)[nH]1. The summed E-state index contributed by atoms with van der Waals surface area (Å²) in [5.41, 5.74) is 3.24. The zero-order valence-corrected chi connectivity index (χ0v) is 16.8. The molecule has 0 bridgehead atoms. The van der Waals surface area contributed by atoms with Crippen LogP contribution in [0.4, 0.5) is 4.39 Å². The van der Waals surface area contributed by atoms with Crippen LogP contribution >= 0.6 is 35.1 Å². The highest BCUT2D eigenvalue weighted by Crippen LogP contribution is 2.59. The van der Waals surface area contributed by atoms with Gasteiger partial charge in [-0.2, -0.15) is 0 Å². The van der Waals surface area contributed by atoms with Gasteiger partial charge in [0.25, 0.3) is 0 Å². The van der Waals surface area contributed by atoms with E-state index in [2.05, 4.69) is 9.97 Å². The minimum absolute atomic E-state index is 0.251. The first kappa shape index (κ1) is 18.6. The maximum absolute atomic E-state index is 14.8. The lowest BCUT2D eigenvalue weighted by Crippen LogP contribution is -2.20. The van der Waals surface area contributed by atoms with Crippen LogP contribution in [0.5, 0.6) is 0 Å². The van der Waals surface area contributed by atoms with E-state index in [1.54, 1.807) is 42.6 Å². The molecule has 0 unspecified atom stereocenters. The predicted molar refractivity (Wildman–Crippen MR) is 111 cm³/mol. The largest absolute Gasteiger partial charge is 0.340 e. The van der Waals surface area contributed by atoms with Crippen molar-refractivity contribution >= 4 is 41.4 Å². The Morgan fingerprint density at radius 3 is 2.63 bits per heavy atom. The molecular formula is C20H16ClFN2OS2. The number of rotatable bonds is 4. The highest BCUT2D eigenvalue weighted by Gasteiger charge is 2.43.